The molecule has 0 bridgehead atoms. The van der Waals surface area contributed by atoms with E-state index < -0.39 is 0 Å². The maximum absolute atomic E-state index is 6.50. The van der Waals surface area contributed by atoms with E-state index in [2.05, 4.69) is 176 Å². The number of rotatable bonds is 7. The summed E-state index contributed by atoms with van der Waals surface area (Å²) >= 11 is 0. The van der Waals surface area contributed by atoms with Crippen molar-refractivity contribution >= 4 is 44.7 Å². The quantitative estimate of drug-likeness (QED) is 0.161. The van der Waals surface area contributed by atoms with Gasteiger partial charge in [0.25, 0.3) is 0 Å². The Morgan fingerprint density at radius 3 is 1.64 bits per heavy atom. The molecule has 10 rings (SSSR count). The standard InChI is InChI=1S/C58H41NO2/c1-40-12-9-19-56(61-57-18-6-5-15-53(40)57)47-30-36-52(37-31-47)59(51-34-28-46(29-35-51)55-17-10-16-54-41(2)11-7-8-38-60-58(54)55)50-32-26-44(27-33-50)43-20-22-45(23-21-43)49-25-24-42-13-3-4-14-48(42)39-49/h3-39H,1-2H2/b11-7-,12-9-,38-8-,56-19-. The van der Waals surface area contributed by atoms with Crippen molar-refractivity contribution in [2.75, 3.05) is 4.90 Å². The first kappa shape index (κ1) is 37.2. The van der Waals surface area contributed by atoms with Crippen LogP contribution >= 0.6 is 0 Å². The normalized spacial score (nSPS) is 15.6. The minimum atomic E-state index is 0.766. The molecule has 0 aliphatic carbocycles. The highest BCUT2D eigenvalue weighted by molar-refractivity contribution is 5.89. The van der Waals surface area contributed by atoms with Gasteiger partial charge in [0.2, 0.25) is 0 Å². The summed E-state index contributed by atoms with van der Waals surface area (Å²) in [4.78, 5) is 2.29. The molecule has 0 amide bonds. The molecule has 3 heteroatoms. The fourth-order valence-corrected chi connectivity index (χ4v) is 8.07. The van der Waals surface area contributed by atoms with Gasteiger partial charge in [-0.15, -0.1) is 0 Å². The van der Waals surface area contributed by atoms with E-state index in [0.717, 1.165) is 84.4 Å². The second-order valence-electron chi connectivity index (χ2n) is 15.1. The number of fused-ring (bicyclic) bond motifs is 3. The van der Waals surface area contributed by atoms with E-state index in [0.29, 0.717) is 0 Å². The zero-order chi connectivity index (χ0) is 41.1. The molecular formula is C58H41NO2. The Labute approximate surface area is 357 Å². The molecule has 0 saturated carbocycles. The number of anilines is 3. The number of benzene rings is 8. The van der Waals surface area contributed by atoms with Crippen molar-refractivity contribution in [2.45, 2.75) is 0 Å². The molecule has 0 unspecified atom stereocenters. The Balaban J connectivity index is 0.986. The summed E-state index contributed by atoms with van der Waals surface area (Å²) in [6.07, 6.45) is 13.6. The molecule has 2 aliphatic rings. The maximum Gasteiger partial charge on any atom is 0.142 e. The summed E-state index contributed by atoms with van der Waals surface area (Å²) in [6, 6.07) is 64.2. The summed E-state index contributed by atoms with van der Waals surface area (Å²) in [5.74, 6) is 2.34. The van der Waals surface area contributed by atoms with Crippen LogP contribution in [0, 0.1) is 0 Å². The van der Waals surface area contributed by atoms with Crippen LogP contribution in [0.25, 0.3) is 61.1 Å². The summed E-state index contributed by atoms with van der Waals surface area (Å²) in [5, 5.41) is 2.49. The predicted octanol–water partition coefficient (Wildman–Crippen LogP) is 15.8. The van der Waals surface area contributed by atoms with Gasteiger partial charge in [0.1, 0.15) is 17.3 Å². The Morgan fingerprint density at radius 1 is 0.393 bits per heavy atom. The fraction of sp³-hybridized carbons (Fsp3) is 0. The molecular weight excluding hydrogens is 743 g/mol. The molecule has 8 aromatic carbocycles. The van der Waals surface area contributed by atoms with Crippen molar-refractivity contribution in [3.63, 3.8) is 0 Å². The first-order valence-electron chi connectivity index (χ1n) is 20.4. The van der Waals surface area contributed by atoms with Crippen LogP contribution in [0.4, 0.5) is 17.1 Å². The van der Waals surface area contributed by atoms with Crippen molar-refractivity contribution in [1.82, 2.24) is 0 Å². The SMILES string of the molecule is C=C1/C=C\C=C(\c2ccc(N(c3ccc(-c4ccc(-c5ccc6ccccc6c5)cc4)cc3)c3ccc(-c4cccc5c4O/C=C\C=C/C5=C)cc3)cc2)Oc2ccccc21. The highest BCUT2D eigenvalue weighted by Crippen LogP contribution is 2.41. The molecule has 290 valence electrons. The summed E-state index contributed by atoms with van der Waals surface area (Å²) in [5.41, 5.74) is 14.6. The van der Waals surface area contributed by atoms with Crippen LogP contribution in [0.1, 0.15) is 16.7 Å². The van der Waals surface area contributed by atoms with Crippen molar-refractivity contribution < 1.29 is 9.47 Å². The minimum Gasteiger partial charge on any atom is -0.464 e. The third kappa shape index (κ3) is 7.53. The largest absolute Gasteiger partial charge is 0.464 e. The molecule has 61 heavy (non-hydrogen) atoms. The first-order chi connectivity index (χ1) is 30.1. The van der Waals surface area contributed by atoms with Gasteiger partial charge in [0.15, 0.2) is 0 Å². The molecule has 0 spiro atoms. The van der Waals surface area contributed by atoms with Crippen molar-refractivity contribution in [1.29, 1.82) is 0 Å². The molecule has 0 radical (unpaired) electrons. The van der Waals surface area contributed by atoms with Crippen LogP contribution in [0.5, 0.6) is 11.5 Å². The molecule has 2 aliphatic heterocycles. The minimum absolute atomic E-state index is 0.766. The lowest BCUT2D eigenvalue weighted by Gasteiger charge is -2.26. The van der Waals surface area contributed by atoms with Gasteiger partial charge < -0.3 is 14.4 Å². The van der Waals surface area contributed by atoms with Crippen molar-refractivity contribution in [3.8, 4) is 44.9 Å². The molecule has 3 nitrogen and oxygen atoms in total. The smallest absolute Gasteiger partial charge is 0.142 e. The third-order valence-corrected chi connectivity index (χ3v) is 11.3. The molecule has 0 saturated heterocycles. The lowest BCUT2D eigenvalue weighted by atomic mass is 9.97. The van der Waals surface area contributed by atoms with E-state index in [1.54, 1.807) is 6.26 Å². The lowest BCUT2D eigenvalue weighted by Crippen LogP contribution is -2.10. The highest BCUT2D eigenvalue weighted by Gasteiger charge is 2.18. The Bertz CT molecular complexity index is 3070. The molecule has 2 heterocycles. The van der Waals surface area contributed by atoms with Crippen molar-refractivity contribution in [3.05, 3.63) is 255 Å². The van der Waals surface area contributed by atoms with Crippen LogP contribution in [-0.2, 0) is 0 Å². The van der Waals surface area contributed by atoms with Gasteiger partial charge in [0, 0.05) is 39.3 Å². The van der Waals surface area contributed by atoms with Gasteiger partial charge in [-0.2, -0.15) is 0 Å². The Kier molecular flexibility index (Phi) is 9.90. The molecule has 0 fully saturated rings. The average Bonchev–Trinajstić information content (AvgIpc) is 3.30. The number of ether oxygens (including phenoxy) is 2. The zero-order valence-electron chi connectivity index (χ0n) is 33.5. The predicted molar refractivity (Wildman–Crippen MR) is 256 cm³/mol. The highest BCUT2D eigenvalue weighted by atomic mass is 16.5. The van der Waals surface area contributed by atoms with Gasteiger partial charge in [-0.05, 0) is 123 Å². The summed E-state index contributed by atoms with van der Waals surface area (Å²) < 4.78 is 12.7. The fourth-order valence-electron chi connectivity index (χ4n) is 8.07. The molecule has 0 aromatic heterocycles. The maximum atomic E-state index is 6.50. The van der Waals surface area contributed by atoms with Crippen molar-refractivity contribution in [2.24, 2.45) is 0 Å². The van der Waals surface area contributed by atoms with Crippen LogP contribution < -0.4 is 14.4 Å². The molecule has 0 atom stereocenters. The zero-order valence-corrected chi connectivity index (χ0v) is 33.5. The van der Waals surface area contributed by atoms with Gasteiger partial charge in [-0.25, -0.2) is 0 Å². The van der Waals surface area contributed by atoms with E-state index in [9.17, 15) is 0 Å². The van der Waals surface area contributed by atoms with Crippen LogP contribution in [0.15, 0.2) is 238 Å². The lowest BCUT2D eigenvalue weighted by molar-refractivity contribution is 0.481. The number of hydrogen-bond acceptors (Lipinski definition) is 3. The third-order valence-electron chi connectivity index (χ3n) is 11.3. The Hall–Kier alpha value is -8.14. The van der Waals surface area contributed by atoms with Gasteiger partial charge in [0.05, 0.1) is 6.26 Å². The van der Waals surface area contributed by atoms with Gasteiger partial charge in [-0.1, -0.05) is 159 Å². The number of hydrogen-bond donors (Lipinski definition) is 0. The molecule has 8 aromatic rings. The van der Waals surface area contributed by atoms with Crippen LogP contribution in [-0.4, -0.2) is 0 Å². The summed E-state index contributed by atoms with van der Waals surface area (Å²) in [6.45, 7) is 8.50. The van der Waals surface area contributed by atoms with Gasteiger partial charge in [-0.3, -0.25) is 0 Å². The first-order valence-corrected chi connectivity index (χ1v) is 20.4. The number of para-hydroxylation sites is 2. The van der Waals surface area contributed by atoms with E-state index in [4.69, 9.17) is 9.47 Å². The number of allylic oxidation sites excluding steroid dienone is 8. The van der Waals surface area contributed by atoms with E-state index in [1.807, 2.05) is 60.7 Å². The number of nitrogens with zero attached hydrogens (tertiary/aromatic N) is 1. The van der Waals surface area contributed by atoms with Crippen LogP contribution in [0.3, 0.4) is 0 Å². The monoisotopic (exact) mass is 783 g/mol. The van der Waals surface area contributed by atoms with Gasteiger partial charge >= 0.3 is 0 Å². The topological polar surface area (TPSA) is 21.7 Å². The van der Waals surface area contributed by atoms with E-state index in [-0.39, 0.29) is 0 Å². The molecule has 0 N–H and O–H groups in total. The second kappa shape index (κ2) is 16.2. The second-order valence-corrected chi connectivity index (χ2v) is 15.1. The van der Waals surface area contributed by atoms with E-state index >= 15 is 0 Å². The summed E-state index contributed by atoms with van der Waals surface area (Å²) in [7, 11) is 0. The van der Waals surface area contributed by atoms with E-state index in [1.165, 1.54) is 21.9 Å². The Morgan fingerprint density at radius 2 is 0.918 bits per heavy atom. The average molecular weight is 784 g/mol. The van der Waals surface area contributed by atoms with Crippen LogP contribution in [0.2, 0.25) is 0 Å².